The van der Waals surface area contributed by atoms with Crippen molar-refractivity contribution in [2.45, 2.75) is 26.4 Å². The summed E-state index contributed by atoms with van der Waals surface area (Å²) in [7, 11) is 0. The molecule has 3 amide bonds. The number of aromatic nitrogens is 2. The second kappa shape index (κ2) is 7.69. The lowest BCUT2D eigenvalue weighted by molar-refractivity contribution is -0.135. The fourth-order valence-corrected chi connectivity index (χ4v) is 3.45. The summed E-state index contributed by atoms with van der Waals surface area (Å²) in [4.78, 5) is 28.1. The molecule has 2 heterocycles. The Bertz CT molecular complexity index is 808. The minimum Gasteiger partial charge on any atom is -0.374 e. The fourth-order valence-electron chi connectivity index (χ4n) is 2.84. The number of anilines is 1. The van der Waals surface area contributed by atoms with E-state index in [2.05, 4.69) is 21.6 Å². The molecule has 3 N–H and O–H groups in total. The smallest absolute Gasteiger partial charge is 0.318 e. The van der Waals surface area contributed by atoms with Crippen molar-refractivity contribution in [3.05, 3.63) is 40.4 Å². The Labute approximate surface area is 156 Å². The number of piperazine rings is 1. The molecule has 1 fully saturated rings. The molecule has 2 aromatic rings. The molecule has 1 aliphatic heterocycles. The second-order valence-electron chi connectivity index (χ2n) is 6.38. The van der Waals surface area contributed by atoms with Crippen molar-refractivity contribution in [1.29, 1.82) is 0 Å². The number of benzene rings is 1. The summed E-state index contributed by atoms with van der Waals surface area (Å²) in [5.41, 5.74) is 7.83. The first-order chi connectivity index (χ1) is 12.4. The highest BCUT2D eigenvalue weighted by Gasteiger charge is 2.28. The molecule has 0 unspecified atom stereocenters. The van der Waals surface area contributed by atoms with Crippen molar-refractivity contribution in [1.82, 2.24) is 25.3 Å². The molecular formula is C17H22N6O2S. The lowest BCUT2D eigenvalue weighted by Gasteiger charge is -2.34. The highest BCUT2D eigenvalue weighted by molar-refractivity contribution is 7.15. The summed E-state index contributed by atoms with van der Waals surface area (Å²) >= 11 is 1.23. The number of urea groups is 1. The summed E-state index contributed by atoms with van der Waals surface area (Å²) in [6.07, 6.45) is 0. The third-order valence-electron chi connectivity index (χ3n) is 4.23. The Kier molecular flexibility index (Phi) is 5.36. The molecule has 8 nitrogen and oxygen atoms in total. The van der Waals surface area contributed by atoms with Crippen molar-refractivity contribution in [3.63, 3.8) is 0 Å². The van der Waals surface area contributed by atoms with E-state index in [9.17, 15) is 9.59 Å². The van der Waals surface area contributed by atoms with Crippen molar-refractivity contribution >= 4 is 28.4 Å². The number of nitrogen functional groups attached to an aromatic ring is 1. The van der Waals surface area contributed by atoms with Gasteiger partial charge in [-0.15, -0.1) is 10.2 Å². The summed E-state index contributed by atoms with van der Waals surface area (Å²) in [6, 6.07) is 7.50. The summed E-state index contributed by atoms with van der Waals surface area (Å²) < 4.78 is 0. The first-order valence-electron chi connectivity index (χ1n) is 8.40. The number of aryl methyl sites for hydroxylation is 1. The van der Waals surface area contributed by atoms with Crippen LogP contribution in [-0.2, 0) is 11.3 Å². The molecular weight excluding hydrogens is 352 g/mol. The Morgan fingerprint density at radius 2 is 2.19 bits per heavy atom. The molecule has 1 saturated heterocycles. The number of carbonyl (C=O) groups excluding carboxylic acids is 2. The van der Waals surface area contributed by atoms with Crippen molar-refractivity contribution in [2.75, 3.05) is 25.4 Å². The third kappa shape index (κ3) is 4.29. The van der Waals surface area contributed by atoms with Crippen LogP contribution in [-0.4, -0.2) is 51.6 Å². The maximum absolute atomic E-state index is 12.4. The summed E-state index contributed by atoms with van der Waals surface area (Å²) in [5.74, 6) is -0.0549. The molecule has 3 rings (SSSR count). The quantitative estimate of drug-likeness (QED) is 0.845. The summed E-state index contributed by atoms with van der Waals surface area (Å²) in [6.45, 7) is 5.49. The standard InChI is InChI=1S/C17H22N6O2S/c1-11-4-3-5-13(8-11)9-22-6-7-23(10-14(22)24)17(25)19-12(2)15-20-21-16(18)26-15/h3-5,8,12H,6-7,9-10H2,1-2H3,(H2,18,21)(H,19,25)/t12-/m0/s1. The van der Waals surface area contributed by atoms with Gasteiger partial charge in [-0.3, -0.25) is 4.79 Å². The van der Waals surface area contributed by atoms with Crippen molar-refractivity contribution in [2.24, 2.45) is 0 Å². The molecule has 0 radical (unpaired) electrons. The van der Waals surface area contributed by atoms with E-state index in [1.807, 2.05) is 32.0 Å². The molecule has 0 bridgehead atoms. The monoisotopic (exact) mass is 374 g/mol. The molecule has 0 spiro atoms. The third-order valence-corrected chi connectivity index (χ3v) is 5.16. The van der Waals surface area contributed by atoms with Gasteiger partial charge in [-0.2, -0.15) is 0 Å². The van der Waals surface area contributed by atoms with Gasteiger partial charge in [0.15, 0.2) is 0 Å². The van der Waals surface area contributed by atoms with E-state index in [4.69, 9.17) is 5.73 Å². The molecule has 9 heteroatoms. The number of amides is 3. The molecule has 0 aliphatic carbocycles. The molecule has 1 aliphatic rings. The van der Waals surface area contributed by atoms with Crippen LogP contribution in [0.5, 0.6) is 0 Å². The topological polar surface area (TPSA) is 104 Å². The van der Waals surface area contributed by atoms with Crippen LogP contribution in [0, 0.1) is 6.92 Å². The van der Waals surface area contributed by atoms with Gasteiger partial charge in [-0.05, 0) is 19.4 Å². The molecule has 1 atom stereocenters. The zero-order valence-corrected chi connectivity index (χ0v) is 15.6. The highest BCUT2D eigenvalue weighted by Crippen LogP contribution is 2.19. The molecule has 0 saturated carbocycles. The van der Waals surface area contributed by atoms with E-state index >= 15 is 0 Å². The molecule has 1 aromatic carbocycles. The van der Waals surface area contributed by atoms with E-state index in [0.29, 0.717) is 29.8 Å². The number of hydrogen-bond acceptors (Lipinski definition) is 6. The number of nitrogens with one attached hydrogen (secondary N) is 1. The van der Waals surface area contributed by atoms with Gasteiger partial charge in [0.25, 0.3) is 0 Å². The SMILES string of the molecule is Cc1cccc(CN2CCN(C(=O)N[C@@H](C)c3nnc(N)s3)CC2=O)c1. The summed E-state index contributed by atoms with van der Waals surface area (Å²) in [5, 5.41) is 11.5. The van der Waals surface area contributed by atoms with Crippen LogP contribution in [0.25, 0.3) is 0 Å². The Balaban J connectivity index is 1.54. The molecule has 1 aromatic heterocycles. The fraction of sp³-hybridized carbons (Fsp3) is 0.412. The highest BCUT2D eigenvalue weighted by atomic mass is 32.1. The number of carbonyl (C=O) groups is 2. The Morgan fingerprint density at radius 3 is 2.85 bits per heavy atom. The van der Waals surface area contributed by atoms with Gasteiger partial charge in [0.05, 0.1) is 6.04 Å². The van der Waals surface area contributed by atoms with Crippen LogP contribution in [0.3, 0.4) is 0 Å². The number of rotatable bonds is 4. The Hall–Kier alpha value is -2.68. The predicted octanol–water partition coefficient (Wildman–Crippen LogP) is 1.54. The lowest BCUT2D eigenvalue weighted by Crippen LogP contribution is -2.54. The number of hydrogen-bond donors (Lipinski definition) is 2. The van der Waals surface area contributed by atoms with Crippen molar-refractivity contribution in [3.8, 4) is 0 Å². The zero-order chi connectivity index (χ0) is 18.7. The van der Waals surface area contributed by atoms with E-state index in [1.54, 1.807) is 4.90 Å². The van der Waals surface area contributed by atoms with Gasteiger partial charge in [-0.25, -0.2) is 4.79 Å². The number of nitrogens with zero attached hydrogens (tertiary/aromatic N) is 4. The first kappa shape index (κ1) is 18.1. The average molecular weight is 374 g/mol. The van der Waals surface area contributed by atoms with E-state index in [0.717, 1.165) is 5.56 Å². The lowest BCUT2D eigenvalue weighted by atomic mass is 10.1. The minimum atomic E-state index is -0.308. The van der Waals surface area contributed by atoms with Gasteiger partial charge in [0.1, 0.15) is 11.6 Å². The van der Waals surface area contributed by atoms with Crippen LogP contribution in [0.4, 0.5) is 9.93 Å². The van der Waals surface area contributed by atoms with Crippen LogP contribution >= 0.6 is 11.3 Å². The van der Waals surface area contributed by atoms with Crippen LogP contribution in [0.15, 0.2) is 24.3 Å². The van der Waals surface area contributed by atoms with E-state index < -0.39 is 0 Å². The predicted molar refractivity (Wildman–Crippen MR) is 99.4 cm³/mol. The average Bonchev–Trinajstić information content (AvgIpc) is 3.03. The van der Waals surface area contributed by atoms with Crippen LogP contribution in [0.2, 0.25) is 0 Å². The largest absolute Gasteiger partial charge is 0.374 e. The number of nitrogens with two attached hydrogens (primary N) is 1. The maximum Gasteiger partial charge on any atom is 0.318 e. The van der Waals surface area contributed by atoms with Crippen LogP contribution < -0.4 is 11.1 Å². The van der Waals surface area contributed by atoms with Crippen LogP contribution in [0.1, 0.15) is 29.1 Å². The van der Waals surface area contributed by atoms with Gasteiger partial charge in [0.2, 0.25) is 11.0 Å². The first-order valence-corrected chi connectivity index (χ1v) is 9.21. The maximum atomic E-state index is 12.4. The molecule has 138 valence electrons. The second-order valence-corrected chi connectivity index (χ2v) is 7.42. The van der Waals surface area contributed by atoms with Gasteiger partial charge in [-0.1, -0.05) is 41.2 Å². The molecule has 26 heavy (non-hydrogen) atoms. The van der Waals surface area contributed by atoms with E-state index in [1.165, 1.54) is 21.8 Å². The van der Waals surface area contributed by atoms with Gasteiger partial charge >= 0.3 is 6.03 Å². The van der Waals surface area contributed by atoms with E-state index in [-0.39, 0.29) is 24.5 Å². The van der Waals surface area contributed by atoms with Crippen molar-refractivity contribution < 1.29 is 9.59 Å². The van der Waals surface area contributed by atoms with Gasteiger partial charge in [0, 0.05) is 19.6 Å². The van der Waals surface area contributed by atoms with Gasteiger partial charge < -0.3 is 20.9 Å². The zero-order valence-electron chi connectivity index (χ0n) is 14.8. The minimum absolute atomic E-state index is 0.0549. The normalized spacial score (nSPS) is 15.8. The Morgan fingerprint density at radius 1 is 1.38 bits per heavy atom.